The molecule has 0 aliphatic rings. The molecule has 0 saturated carbocycles. The Kier molecular flexibility index (Phi) is 9.99. The van der Waals surface area contributed by atoms with Crippen molar-refractivity contribution in [2.45, 2.75) is 20.3 Å². The lowest BCUT2D eigenvalue weighted by Crippen LogP contribution is -2.24. The molecule has 0 fully saturated rings. The lowest BCUT2D eigenvalue weighted by atomic mass is 10.2. The Morgan fingerprint density at radius 3 is 2.41 bits per heavy atom. The van der Waals surface area contributed by atoms with Crippen LogP contribution < -0.4 is 20.2 Å². The van der Waals surface area contributed by atoms with Crippen LogP contribution in [0.1, 0.15) is 25.8 Å². The summed E-state index contributed by atoms with van der Waals surface area (Å²) in [5.74, 6) is -0.758. The molecule has 0 aliphatic heterocycles. The van der Waals surface area contributed by atoms with Gasteiger partial charge in [0.1, 0.15) is 6.42 Å². The number of nitrogens with zero attached hydrogens (tertiary/aromatic N) is 1. The van der Waals surface area contributed by atoms with Crippen molar-refractivity contribution < 1.29 is 28.6 Å². The van der Waals surface area contributed by atoms with Gasteiger partial charge in [-0.25, -0.2) is 10.2 Å². The molecule has 0 heterocycles. The van der Waals surface area contributed by atoms with Crippen LogP contribution in [0.15, 0.2) is 47.6 Å². The first kappa shape index (κ1) is 24.7. The van der Waals surface area contributed by atoms with Gasteiger partial charge < -0.3 is 19.5 Å². The molecular formula is C22H24ClN3O6. The van der Waals surface area contributed by atoms with Gasteiger partial charge in [-0.1, -0.05) is 11.6 Å². The molecule has 10 heteroatoms. The number of anilines is 1. The zero-order valence-corrected chi connectivity index (χ0v) is 18.5. The van der Waals surface area contributed by atoms with Crippen LogP contribution in [0, 0.1) is 0 Å². The average molecular weight is 462 g/mol. The fourth-order valence-electron chi connectivity index (χ4n) is 2.43. The number of ether oxygens (including phenoxy) is 3. The molecule has 2 amide bonds. The lowest BCUT2D eigenvalue weighted by Gasteiger charge is -2.12. The van der Waals surface area contributed by atoms with Gasteiger partial charge in [-0.3, -0.25) is 9.59 Å². The Balaban J connectivity index is 1.88. The predicted octanol–water partition coefficient (Wildman–Crippen LogP) is 3.16. The minimum atomic E-state index is -0.577. The van der Waals surface area contributed by atoms with E-state index in [0.29, 0.717) is 34.4 Å². The summed E-state index contributed by atoms with van der Waals surface area (Å²) < 4.78 is 15.8. The summed E-state index contributed by atoms with van der Waals surface area (Å²) in [5, 5.41) is 6.98. The molecule has 0 bridgehead atoms. The summed E-state index contributed by atoms with van der Waals surface area (Å²) in [5.41, 5.74) is 3.44. The van der Waals surface area contributed by atoms with Gasteiger partial charge in [0.05, 0.1) is 19.4 Å². The number of carbonyl (C=O) groups is 3. The van der Waals surface area contributed by atoms with Crippen LogP contribution in [-0.4, -0.2) is 43.8 Å². The smallest absolute Gasteiger partial charge is 0.344 e. The van der Waals surface area contributed by atoms with E-state index in [0.717, 1.165) is 0 Å². The molecule has 32 heavy (non-hydrogen) atoms. The van der Waals surface area contributed by atoms with Crippen molar-refractivity contribution in [3.05, 3.63) is 53.1 Å². The number of carbonyl (C=O) groups excluding carboxylic acids is 3. The largest absolute Gasteiger partial charge is 0.490 e. The normalized spacial score (nSPS) is 10.5. The lowest BCUT2D eigenvalue weighted by molar-refractivity contribution is -0.145. The number of benzene rings is 2. The first-order valence-corrected chi connectivity index (χ1v) is 10.2. The highest BCUT2D eigenvalue weighted by atomic mass is 35.5. The van der Waals surface area contributed by atoms with Crippen LogP contribution in [0.25, 0.3) is 0 Å². The molecular weight excluding hydrogens is 438 g/mol. The Labute approximate surface area is 190 Å². The molecule has 0 radical (unpaired) electrons. The first-order chi connectivity index (χ1) is 15.4. The van der Waals surface area contributed by atoms with Gasteiger partial charge in [-0.2, -0.15) is 5.10 Å². The molecule has 0 spiro atoms. The zero-order chi connectivity index (χ0) is 23.3. The minimum Gasteiger partial charge on any atom is -0.490 e. The quantitative estimate of drug-likeness (QED) is 0.230. The molecule has 0 atom stereocenters. The van der Waals surface area contributed by atoms with Crippen molar-refractivity contribution >= 4 is 41.3 Å². The predicted molar refractivity (Wildman–Crippen MR) is 120 cm³/mol. The van der Waals surface area contributed by atoms with Gasteiger partial charge >= 0.3 is 5.97 Å². The number of hydrazone groups is 1. The van der Waals surface area contributed by atoms with Gasteiger partial charge in [-0.05, 0) is 61.9 Å². The highest BCUT2D eigenvalue weighted by Crippen LogP contribution is 2.28. The van der Waals surface area contributed by atoms with Gasteiger partial charge in [0.2, 0.25) is 11.8 Å². The van der Waals surface area contributed by atoms with Gasteiger partial charge in [0, 0.05) is 10.7 Å². The monoisotopic (exact) mass is 461 g/mol. The summed E-state index contributed by atoms with van der Waals surface area (Å²) in [6.07, 6.45) is 0.997. The number of nitrogens with one attached hydrogen (secondary N) is 2. The molecule has 0 aromatic heterocycles. The molecule has 0 saturated heterocycles. The molecule has 0 unspecified atom stereocenters. The first-order valence-electron chi connectivity index (χ1n) is 9.83. The van der Waals surface area contributed by atoms with E-state index in [2.05, 4.69) is 15.8 Å². The van der Waals surface area contributed by atoms with Crippen molar-refractivity contribution in [2.75, 3.05) is 25.1 Å². The highest BCUT2D eigenvalue weighted by molar-refractivity contribution is 6.30. The van der Waals surface area contributed by atoms with E-state index in [1.54, 1.807) is 49.4 Å². The molecule has 2 aromatic carbocycles. The van der Waals surface area contributed by atoms with Crippen molar-refractivity contribution in [3.63, 3.8) is 0 Å². The minimum absolute atomic E-state index is 0.241. The number of amides is 2. The molecule has 2 rings (SSSR count). The summed E-state index contributed by atoms with van der Waals surface area (Å²) in [6.45, 7) is 3.93. The van der Waals surface area contributed by atoms with E-state index >= 15 is 0 Å². The molecule has 2 aromatic rings. The maximum atomic E-state index is 11.9. The van der Waals surface area contributed by atoms with Crippen molar-refractivity contribution in [1.29, 1.82) is 0 Å². The highest BCUT2D eigenvalue weighted by Gasteiger charge is 2.11. The van der Waals surface area contributed by atoms with E-state index in [4.69, 9.17) is 25.8 Å². The van der Waals surface area contributed by atoms with Gasteiger partial charge in [0.25, 0.3) is 0 Å². The second kappa shape index (κ2) is 13.0. The van der Waals surface area contributed by atoms with Crippen molar-refractivity contribution in [2.24, 2.45) is 5.10 Å². The molecule has 170 valence electrons. The second-order valence-electron chi connectivity index (χ2n) is 6.26. The molecule has 9 nitrogen and oxygen atoms in total. The molecule has 2 N–H and O–H groups in total. The number of hydrogen-bond donors (Lipinski definition) is 2. The van der Waals surface area contributed by atoms with Crippen LogP contribution in [0.4, 0.5) is 5.69 Å². The third-order valence-corrected chi connectivity index (χ3v) is 4.02. The van der Waals surface area contributed by atoms with E-state index in [1.165, 1.54) is 6.21 Å². The fourth-order valence-corrected chi connectivity index (χ4v) is 2.56. The number of rotatable bonds is 11. The second-order valence-corrected chi connectivity index (χ2v) is 6.69. The van der Waals surface area contributed by atoms with Crippen LogP contribution in [0.2, 0.25) is 5.02 Å². The Morgan fingerprint density at radius 1 is 0.969 bits per heavy atom. The molecule has 0 aliphatic carbocycles. The van der Waals surface area contributed by atoms with E-state index in [1.807, 2.05) is 6.92 Å². The SMILES string of the molecule is CCOC(=O)COc1ccc(C=NNC(=O)CC(=O)Nc2ccc(Cl)cc2)cc1OCC. The number of esters is 1. The van der Waals surface area contributed by atoms with Gasteiger partial charge in [-0.15, -0.1) is 0 Å². The Morgan fingerprint density at radius 2 is 1.72 bits per heavy atom. The third kappa shape index (κ3) is 8.65. The Hall–Kier alpha value is -3.59. The summed E-state index contributed by atoms with van der Waals surface area (Å²) in [4.78, 5) is 35.3. The van der Waals surface area contributed by atoms with Crippen LogP contribution in [-0.2, 0) is 19.1 Å². The van der Waals surface area contributed by atoms with Crippen molar-refractivity contribution in [1.82, 2.24) is 5.43 Å². The third-order valence-electron chi connectivity index (χ3n) is 3.77. The van der Waals surface area contributed by atoms with E-state index in [9.17, 15) is 14.4 Å². The van der Waals surface area contributed by atoms with Crippen LogP contribution in [0.3, 0.4) is 0 Å². The summed E-state index contributed by atoms with van der Waals surface area (Å²) in [7, 11) is 0. The summed E-state index contributed by atoms with van der Waals surface area (Å²) >= 11 is 5.79. The number of halogens is 1. The topological polar surface area (TPSA) is 115 Å². The number of hydrogen-bond acceptors (Lipinski definition) is 7. The van der Waals surface area contributed by atoms with E-state index in [-0.39, 0.29) is 13.2 Å². The summed E-state index contributed by atoms with van der Waals surface area (Å²) in [6, 6.07) is 11.5. The van der Waals surface area contributed by atoms with Crippen molar-refractivity contribution in [3.8, 4) is 11.5 Å². The van der Waals surface area contributed by atoms with Crippen LogP contribution in [0.5, 0.6) is 11.5 Å². The average Bonchev–Trinajstić information content (AvgIpc) is 2.75. The fraction of sp³-hybridized carbons (Fsp3) is 0.273. The van der Waals surface area contributed by atoms with Crippen LogP contribution >= 0.6 is 11.6 Å². The Bertz CT molecular complexity index is 963. The maximum Gasteiger partial charge on any atom is 0.344 e. The standard InChI is InChI=1S/C22H24ClN3O6/c1-3-30-19-11-15(5-10-18(19)32-14-22(29)31-4-2)13-24-26-21(28)12-20(27)25-17-8-6-16(23)7-9-17/h5-11,13H,3-4,12,14H2,1-2H3,(H,25,27)(H,26,28). The maximum absolute atomic E-state index is 11.9. The zero-order valence-electron chi connectivity index (χ0n) is 17.7. The van der Waals surface area contributed by atoms with Gasteiger partial charge in [0.15, 0.2) is 18.1 Å². The van der Waals surface area contributed by atoms with E-state index < -0.39 is 24.2 Å².